The Balaban J connectivity index is 2.80. The first-order valence-electron chi connectivity index (χ1n) is 5.54. The van der Waals surface area contributed by atoms with E-state index in [0.717, 1.165) is 0 Å². The highest BCUT2D eigenvalue weighted by Crippen LogP contribution is 2.26. The molecule has 0 unspecified atom stereocenters. The summed E-state index contributed by atoms with van der Waals surface area (Å²) in [5.74, 6) is -2.65. The molecule has 0 aliphatic rings. The number of aromatic carboxylic acids is 2. The van der Waals surface area contributed by atoms with Crippen LogP contribution in [0.15, 0.2) is 36.4 Å². The van der Waals surface area contributed by atoms with Crippen LogP contribution < -0.4 is 0 Å². The Hall–Kier alpha value is -2.69. The molecule has 0 spiro atoms. The average molecular weight is 257 g/mol. The summed E-state index contributed by atoms with van der Waals surface area (Å²) in [4.78, 5) is 26.3. The van der Waals surface area contributed by atoms with E-state index in [1.807, 2.05) is 0 Å². The third kappa shape index (κ3) is 2.44. The maximum absolute atomic E-state index is 11.3. The predicted molar refractivity (Wildman–Crippen MR) is 68.3 cm³/mol. The number of carboxylic acid groups (broad SMARTS) is 2. The fourth-order valence-corrected chi connectivity index (χ4v) is 1.89. The normalized spacial score (nSPS) is 10.2. The molecular weight excluding hydrogens is 246 g/mol. The number of aryl methyl sites for hydroxylation is 1. The average Bonchev–Trinajstić information content (AvgIpc) is 2.38. The minimum Gasteiger partial charge on any atom is -0.478 e. The van der Waals surface area contributed by atoms with Gasteiger partial charge in [-0.3, -0.25) is 0 Å². The summed E-state index contributed by atoms with van der Waals surface area (Å²) in [7, 11) is 0. The summed E-state index contributed by atoms with van der Waals surface area (Å²) in [5.41, 5.74) is 0.739. The molecule has 0 atom stereocenters. The highest BCUT2D eigenvalue weighted by Gasteiger charge is 2.23. The summed E-state index contributed by atoms with van der Waals surface area (Å²) < 4.78 is 0. The highest BCUT2D eigenvalue weighted by molar-refractivity contribution is 6.05. The van der Waals surface area contributed by atoms with E-state index in [2.05, 4.69) is 4.98 Å². The van der Waals surface area contributed by atoms with Crippen LogP contribution >= 0.6 is 0 Å². The monoisotopic (exact) mass is 257 g/mol. The lowest BCUT2D eigenvalue weighted by Gasteiger charge is -2.10. The molecule has 1 aromatic heterocycles. The molecule has 96 valence electrons. The molecule has 19 heavy (non-hydrogen) atoms. The number of aromatic nitrogens is 1. The number of carboxylic acids is 2. The molecule has 2 N–H and O–H groups in total. The number of pyridine rings is 1. The SMILES string of the molecule is Cc1cc(-c2ccccc2)c(C(=O)O)c(C(=O)O)n1. The Labute approximate surface area is 109 Å². The third-order valence-electron chi connectivity index (χ3n) is 2.65. The molecule has 2 aromatic rings. The number of hydrogen-bond acceptors (Lipinski definition) is 3. The van der Waals surface area contributed by atoms with Gasteiger partial charge in [0.1, 0.15) is 5.56 Å². The lowest BCUT2D eigenvalue weighted by atomic mass is 9.98. The summed E-state index contributed by atoms with van der Waals surface area (Å²) in [6, 6.07) is 10.4. The maximum atomic E-state index is 11.3. The lowest BCUT2D eigenvalue weighted by Crippen LogP contribution is -2.13. The molecule has 0 amide bonds. The Morgan fingerprint density at radius 3 is 2.21 bits per heavy atom. The van der Waals surface area contributed by atoms with E-state index in [9.17, 15) is 14.7 Å². The molecule has 0 fully saturated rings. The molecule has 0 radical (unpaired) electrons. The first-order chi connectivity index (χ1) is 9.00. The van der Waals surface area contributed by atoms with Crippen molar-refractivity contribution >= 4 is 11.9 Å². The van der Waals surface area contributed by atoms with Gasteiger partial charge in [-0.1, -0.05) is 30.3 Å². The van der Waals surface area contributed by atoms with Crippen LogP contribution in [0.4, 0.5) is 0 Å². The zero-order chi connectivity index (χ0) is 14.0. The van der Waals surface area contributed by atoms with E-state index in [4.69, 9.17) is 5.11 Å². The lowest BCUT2D eigenvalue weighted by molar-refractivity contribution is 0.0646. The van der Waals surface area contributed by atoms with Gasteiger partial charge in [0.2, 0.25) is 0 Å². The van der Waals surface area contributed by atoms with Crippen LogP contribution in [0.3, 0.4) is 0 Å². The second-order valence-corrected chi connectivity index (χ2v) is 4.01. The van der Waals surface area contributed by atoms with Crippen molar-refractivity contribution in [1.82, 2.24) is 4.98 Å². The minimum atomic E-state index is -1.35. The van der Waals surface area contributed by atoms with Gasteiger partial charge in [0.05, 0.1) is 0 Å². The van der Waals surface area contributed by atoms with E-state index >= 15 is 0 Å². The Morgan fingerprint density at radius 2 is 1.68 bits per heavy atom. The van der Waals surface area contributed by atoms with Crippen molar-refractivity contribution in [2.24, 2.45) is 0 Å². The fraction of sp³-hybridized carbons (Fsp3) is 0.0714. The Bertz CT molecular complexity index is 650. The van der Waals surface area contributed by atoms with Crippen molar-refractivity contribution in [2.75, 3.05) is 0 Å². The first kappa shape index (κ1) is 12.8. The van der Waals surface area contributed by atoms with Gasteiger partial charge >= 0.3 is 11.9 Å². The Kier molecular flexibility index (Phi) is 3.29. The van der Waals surface area contributed by atoms with Crippen molar-refractivity contribution in [3.8, 4) is 11.1 Å². The zero-order valence-electron chi connectivity index (χ0n) is 10.1. The van der Waals surface area contributed by atoms with Gasteiger partial charge in [0, 0.05) is 11.3 Å². The van der Waals surface area contributed by atoms with Crippen LogP contribution in [0.2, 0.25) is 0 Å². The molecule has 2 rings (SSSR count). The number of nitrogens with zero attached hydrogens (tertiary/aromatic N) is 1. The molecule has 0 saturated carbocycles. The van der Waals surface area contributed by atoms with Gasteiger partial charge in [-0.25, -0.2) is 14.6 Å². The number of benzene rings is 1. The van der Waals surface area contributed by atoms with Gasteiger partial charge in [0.15, 0.2) is 5.69 Å². The molecule has 5 heteroatoms. The second kappa shape index (κ2) is 4.89. The summed E-state index contributed by atoms with van der Waals surface area (Å²) in [6.07, 6.45) is 0. The minimum absolute atomic E-state index is 0.288. The Morgan fingerprint density at radius 1 is 1.05 bits per heavy atom. The van der Waals surface area contributed by atoms with Gasteiger partial charge in [-0.2, -0.15) is 0 Å². The number of carbonyl (C=O) groups is 2. The van der Waals surface area contributed by atoms with E-state index in [1.54, 1.807) is 43.3 Å². The molecule has 1 aromatic carbocycles. The van der Waals surface area contributed by atoms with Gasteiger partial charge < -0.3 is 10.2 Å². The quantitative estimate of drug-likeness (QED) is 0.881. The van der Waals surface area contributed by atoms with Crippen molar-refractivity contribution < 1.29 is 19.8 Å². The molecular formula is C14H11NO4. The van der Waals surface area contributed by atoms with Gasteiger partial charge in [0.25, 0.3) is 0 Å². The summed E-state index contributed by atoms with van der Waals surface area (Å²) in [6.45, 7) is 1.63. The fourth-order valence-electron chi connectivity index (χ4n) is 1.89. The predicted octanol–water partition coefficient (Wildman–Crippen LogP) is 2.45. The number of rotatable bonds is 3. The van der Waals surface area contributed by atoms with E-state index in [0.29, 0.717) is 16.8 Å². The van der Waals surface area contributed by atoms with Crippen LogP contribution in [0, 0.1) is 6.92 Å². The van der Waals surface area contributed by atoms with E-state index in [-0.39, 0.29) is 5.56 Å². The smallest absolute Gasteiger partial charge is 0.355 e. The van der Waals surface area contributed by atoms with Gasteiger partial charge in [-0.15, -0.1) is 0 Å². The van der Waals surface area contributed by atoms with Crippen molar-refractivity contribution in [1.29, 1.82) is 0 Å². The van der Waals surface area contributed by atoms with Crippen molar-refractivity contribution in [3.63, 3.8) is 0 Å². The van der Waals surface area contributed by atoms with Crippen LogP contribution in [0.25, 0.3) is 11.1 Å². The van der Waals surface area contributed by atoms with Crippen LogP contribution in [-0.4, -0.2) is 27.1 Å². The highest BCUT2D eigenvalue weighted by atomic mass is 16.4. The van der Waals surface area contributed by atoms with E-state index < -0.39 is 17.6 Å². The first-order valence-corrected chi connectivity index (χ1v) is 5.54. The standard InChI is InChI=1S/C14H11NO4/c1-8-7-10(9-5-3-2-4-6-9)11(13(16)17)12(15-8)14(18)19/h2-7H,1H3,(H,16,17)(H,18,19). The molecule has 0 aliphatic carbocycles. The zero-order valence-corrected chi connectivity index (χ0v) is 10.1. The van der Waals surface area contributed by atoms with Crippen LogP contribution in [-0.2, 0) is 0 Å². The summed E-state index contributed by atoms with van der Waals surface area (Å²) in [5, 5.41) is 18.3. The van der Waals surface area contributed by atoms with Crippen LogP contribution in [0.1, 0.15) is 26.5 Å². The maximum Gasteiger partial charge on any atom is 0.355 e. The molecule has 5 nitrogen and oxygen atoms in total. The van der Waals surface area contributed by atoms with Crippen molar-refractivity contribution in [2.45, 2.75) is 6.92 Å². The van der Waals surface area contributed by atoms with Gasteiger partial charge in [-0.05, 0) is 18.6 Å². The topological polar surface area (TPSA) is 87.5 Å². The largest absolute Gasteiger partial charge is 0.478 e. The van der Waals surface area contributed by atoms with Crippen LogP contribution in [0.5, 0.6) is 0 Å². The van der Waals surface area contributed by atoms with Crippen molar-refractivity contribution in [3.05, 3.63) is 53.3 Å². The second-order valence-electron chi connectivity index (χ2n) is 4.01. The number of hydrogen-bond donors (Lipinski definition) is 2. The summed E-state index contributed by atoms with van der Waals surface area (Å²) >= 11 is 0. The molecule has 0 saturated heterocycles. The van der Waals surface area contributed by atoms with E-state index in [1.165, 1.54) is 0 Å². The molecule has 0 bridgehead atoms. The molecule has 0 aliphatic heterocycles. The third-order valence-corrected chi connectivity index (χ3v) is 2.65. The molecule has 1 heterocycles.